The summed E-state index contributed by atoms with van der Waals surface area (Å²) in [6.07, 6.45) is 7.06. The Morgan fingerprint density at radius 1 is 0.806 bits per heavy atom. The zero-order valence-corrected chi connectivity index (χ0v) is 16.6. The highest BCUT2D eigenvalue weighted by Crippen LogP contribution is 2.29. The molecular formula is C22H21N9. The Hall–Kier alpha value is -4.37. The number of benzene rings is 2. The van der Waals surface area contributed by atoms with Gasteiger partial charge in [-0.25, -0.2) is 0 Å². The summed E-state index contributed by atoms with van der Waals surface area (Å²) in [5.41, 5.74) is 19.7. The van der Waals surface area contributed by atoms with E-state index < -0.39 is 0 Å². The van der Waals surface area contributed by atoms with E-state index in [1.54, 1.807) is 18.6 Å². The molecule has 0 atom stereocenters. The molecule has 154 valence electrons. The zero-order chi connectivity index (χ0) is 21.6. The van der Waals surface area contributed by atoms with Crippen molar-refractivity contribution in [1.82, 2.24) is 20.2 Å². The van der Waals surface area contributed by atoms with Crippen LogP contribution < -0.4 is 17.2 Å². The van der Waals surface area contributed by atoms with Crippen LogP contribution in [0.5, 0.6) is 0 Å². The SMILES string of the molecule is NCc1[nH]nc(N)c1N=Nc1cccc2cnccc12.Nc1cccc2cnccc12. The number of aromatic amines is 1. The monoisotopic (exact) mass is 411 g/mol. The number of H-pyrrole nitrogens is 1. The maximum absolute atomic E-state index is 5.73. The van der Waals surface area contributed by atoms with Crippen LogP contribution in [0.25, 0.3) is 21.5 Å². The number of hydrogen-bond donors (Lipinski definition) is 4. The predicted octanol–water partition coefficient (Wildman–Crippen LogP) is 4.23. The van der Waals surface area contributed by atoms with Crippen molar-refractivity contribution >= 4 is 44.4 Å². The number of nitrogens with two attached hydrogens (primary N) is 3. The van der Waals surface area contributed by atoms with Gasteiger partial charge in [-0.05, 0) is 24.3 Å². The average molecular weight is 411 g/mol. The molecule has 7 N–H and O–H groups in total. The van der Waals surface area contributed by atoms with Gasteiger partial charge in [-0.15, -0.1) is 10.2 Å². The Morgan fingerprint density at radius 3 is 2.19 bits per heavy atom. The minimum atomic E-state index is 0.276. The van der Waals surface area contributed by atoms with Crippen molar-refractivity contribution in [3.8, 4) is 0 Å². The minimum Gasteiger partial charge on any atom is -0.398 e. The van der Waals surface area contributed by atoms with E-state index in [-0.39, 0.29) is 12.4 Å². The van der Waals surface area contributed by atoms with E-state index in [2.05, 4.69) is 30.4 Å². The van der Waals surface area contributed by atoms with Gasteiger partial charge in [0.1, 0.15) is 0 Å². The second-order valence-electron chi connectivity index (χ2n) is 6.66. The molecule has 0 bridgehead atoms. The van der Waals surface area contributed by atoms with Gasteiger partial charge >= 0.3 is 0 Å². The number of azo groups is 1. The highest BCUT2D eigenvalue weighted by molar-refractivity contribution is 5.92. The molecule has 0 spiro atoms. The first-order chi connectivity index (χ1) is 15.2. The molecule has 31 heavy (non-hydrogen) atoms. The number of pyridine rings is 2. The third-order valence-electron chi connectivity index (χ3n) is 4.67. The van der Waals surface area contributed by atoms with Gasteiger partial charge in [0.15, 0.2) is 11.5 Å². The molecule has 0 unspecified atom stereocenters. The molecule has 9 heteroatoms. The summed E-state index contributed by atoms with van der Waals surface area (Å²) in [7, 11) is 0. The molecule has 2 aromatic carbocycles. The summed E-state index contributed by atoms with van der Waals surface area (Å²) in [5, 5.41) is 19.2. The van der Waals surface area contributed by atoms with Crippen molar-refractivity contribution in [3.05, 3.63) is 79.0 Å². The predicted molar refractivity (Wildman–Crippen MR) is 123 cm³/mol. The smallest absolute Gasteiger partial charge is 0.173 e. The normalized spacial score (nSPS) is 11.0. The van der Waals surface area contributed by atoms with Gasteiger partial charge in [0, 0.05) is 58.6 Å². The van der Waals surface area contributed by atoms with Gasteiger partial charge in [-0.1, -0.05) is 24.3 Å². The molecule has 0 aliphatic carbocycles. The van der Waals surface area contributed by atoms with Crippen molar-refractivity contribution in [1.29, 1.82) is 0 Å². The summed E-state index contributed by atoms with van der Waals surface area (Å²) in [6.45, 7) is 0.276. The van der Waals surface area contributed by atoms with Crippen LogP contribution in [-0.4, -0.2) is 20.2 Å². The Morgan fingerprint density at radius 2 is 1.48 bits per heavy atom. The molecule has 3 heterocycles. The van der Waals surface area contributed by atoms with E-state index in [9.17, 15) is 0 Å². The molecule has 0 aliphatic rings. The Balaban J connectivity index is 0.000000177. The quantitative estimate of drug-likeness (QED) is 0.257. The van der Waals surface area contributed by atoms with Gasteiger partial charge in [0.2, 0.25) is 0 Å². The number of anilines is 2. The first-order valence-electron chi connectivity index (χ1n) is 9.53. The summed E-state index contributed by atoms with van der Waals surface area (Å²) in [6, 6.07) is 15.4. The van der Waals surface area contributed by atoms with Crippen molar-refractivity contribution in [2.24, 2.45) is 16.0 Å². The fourth-order valence-electron chi connectivity index (χ4n) is 3.09. The number of nitrogen functional groups attached to an aromatic ring is 2. The first kappa shape index (κ1) is 19.9. The average Bonchev–Trinajstić information content (AvgIpc) is 3.18. The fraction of sp³-hybridized carbons (Fsp3) is 0.0455. The largest absolute Gasteiger partial charge is 0.398 e. The number of nitrogens with one attached hydrogen (secondary N) is 1. The van der Waals surface area contributed by atoms with E-state index in [0.29, 0.717) is 11.4 Å². The van der Waals surface area contributed by atoms with E-state index in [0.717, 1.165) is 32.9 Å². The van der Waals surface area contributed by atoms with Gasteiger partial charge in [0.25, 0.3) is 0 Å². The summed E-state index contributed by atoms with van der Waals surface area (Å²) in [4.78, 5) is 8.08. The number of rotatable bonds is 3. The second kappa shape index (κ2) is 8.97. The molecule has 0 amide bonds. The van der Waals surface area contributed by atoms with Crippen LogP contribution >= 0.6 is 0 Å². The molecule has 5 rings (SSSR count). The number of aromatic nitrogens is 4. The van der Waals surface area contributed by atoms with Crippen LogP contribution in [0.3, 0.4) is 0 Å². The lowest BCUT2D eigenvalue weighted by Crippen LogP contribution is -1.96. The molecule has 0 fully saturated rings. The van der Waals surface area contributed by atoms with Crippen LogP contribution in [0.15, 0.2) is 83.5 Å². The first-order valence-corrected chi connectivity index (χ1v) is 9.53. The molecule has 0 radical (unpaired) electrons. The highest BCUT2D eigenvalue weighted by atomic mass is 15.2. The molecule has 0 saturated carbocycles. The standard InChI is InChI=1S/C13H13N7.C9H8N2/c14-6-11-12(13(15)20-18-11)19-17-10-3-1-2-8-7-16-5-4-9(8)10;10-9-3-1-2-7-6-11-5-4-8(7)9/h1-5,7H,6,14H2,(H3,15,18,20);1-6H,10H2. The topological polar surface area (TPSA) is 157 Å². The van der Waals surface area contributed by atoms with Crippen LogP contribution in [-0.2, 0) is 6.54 Å². The highest BCUT2D eigenvalue weighted by Gasteiger charge is 2.08. The maximum atomic E-state index is 5.73. The maximum Gasteiger partial charge on any atom is 0.173 e. The van der Waals surface area contributed by atoms with Crippen LogP contribution in [0.4, 0.5) is 22.9 Å². The van der Waals surface area contributed by atoms with Crippen molar-refractivity contribution in [2.75, 3.05) is 11.5 Å². The molecule has 0 saturated heterocycles. The lowest BCUT2D eigenvalue weighted by Gasteiger charge is -2.00. The minimum absolute atomic E-state index is 0.276. The summed E-state index contributed by atoms with van der Waals surface area (Å²) >= 11 is 0. The van der Waals surface area contributed by atoms with Crippen molar-refractivity contribution < 1.29 is 0 Å². The molecule has 5 aromatic rings. The van der Waals surface area contributed by atoms with Crippen molar-refractivity contribution in [3.63, 3.8) is 0 Å². The van der Waals surface area contributed by atoms with Crippen LogP contribution in [0.1, 0.15) is 5.69 Å². The Kier molecular flexibility index (Phi) is 5.77. The third kappa shape index (κ3) is 4.31. The van der Waals surface area contributed by atoms with Crippen molar-refractivity contribution in [2.45, 2.75) is 6.54 Å². The Labute approximate surface area is 178 Å². The molecular weight excluding hydrogens is 390 g/mol. The van der Waals surface area contributed by atoms with Crippen LogP contribution in [0.2, 0.25) is 0 Å². The molecule has 3 aromatic heterocycles. The van der Waals surface area contributed by atoms with Gasteiger partial charge in [0.05, 0.1) is 11.4 Å². The lowest BCUT2D eigenvalue weighted by molar-refractivity contribution is 0.946. The van der Waals surface area contributed by atoms with E-state index in [1.807, 2.05) is 54.7 Å². The second-order valence-corrected chi connectivity index (χ2v) is 6.66. The summed E-state index contributed by atoms with van der Waals surface area (Å²) in [5.74, 6) is 0.288. The summed E-state index contributed by atoms with van der Waals surface area (Å²) < 4.78 is 0. The van der Waals surface area contributed by atoms with Gasteiger partial charge in [-0.3, -0.25) is 15.1 Å². The van der Waals surface area contributed by atoms with E-state index in [1.165, 1.54) is 0 Å². The zero-order valence-electron chi connectivity index (χ0n) is 16.6. The number of nitrogens with zero attached hydrogens (tertiary/aromatic N) is 5. The van der Waals surface area contributed by atoms with E-state index >= 15 is 0 Å². The Bertz CT molecular complexity index is 1350. The lowest BCUT2D eigenvalue weighted by atomic mass is 10.1. The van der Waals surface area contributed by atoms with Gasteiger partial charge < -0.3 is 17.2 Å². The number of hydrogen-bond acceptors (Lipinski definition) is 8. The fourth-order valence-corrected chi connectivity index (χ4v) is 3.09. The third-order valence-corrected chi connectivity index (χ3v) is 4.67. The number of fused-ring (bicyclic) bond motifs is 2. The molecule has 9 nitrogen and oxygen atoms in total. The van der Waals surface area contributed by atoms with Gasteiger partial charge in [-0.2, -0.15) is 5.10 Å². The van der Waals surface area contributed by atoms with E-state index in [4.69, 9.17) is 17.2 Å². The van der Waals surface area contributed by atoms with Crippen LogP contribution in [0, 0.1) is 0 Å². The molecule has 0 aliphatic heterocycles.